The van der Waals surface area contributed by atoms with Gasteiger partial charge >= 0.3 is 0 Å². The summed E-state index contributed by atoms with van der Waals surface area (Å²) in [5.74, 6) is 1.02. The lowest BCUT2D eigenvalue weighted by Crippen LogP contribution is -2.23. The van der Waals surface area contributed by atoms with Crippen molar-refractivity contribution in [2.24, 2.45) is 0 Å². The van der Waals surface area contributed by atoms with Crippen molar-refractivity contribution in [2.45, 2.75) is 24.8 Å². The Labute approximate surface area is 128 Å². The highest BCUT2D eigenvalue weighted by atomic mass is 35.5. The molecule has 1 N–H and O–H groups in total. The van der Waals surface area contributed by atoms with E-state index in [9.17, 15) is 0 Å². The van der Waals surface area contributed by atoms with Crippen LogP contribution in [-0.4, -0.2) is 12.3 Å². The monoisotopic (exact) mass is 311 g/mol. The molecule has 0 aliphatic heterocycles. The Morgan fingerprint density at radius 2 is 2.21 bits per heavy atom. The smallest absolute Gasteiger partial charge is 0.0426 e. The molecule has 102 valence electrons. The van der Waals surface area contributed by atoms with Gasteiger partial charge in [-0.05, 0) is 48.7 Å². The van der Waals surface area contributed by atoms with E-state index < -0.39 is 0 Å². The minimum atomic E-state index is 0.403. The van der Waals surface area contributed by atoms with Crippen molar-refractivity contribution in [2.75, 3.05) is 12.3 Å². The molecule has 0 saturated carbocycles. The molecule has 1 heterocycles. The number of rotatable bonds is 6. The van der Waals surface area contributed by atoms with Gasteiger partial charge in [-0.3, -0.25) is 0 Å². The normalized spacial score (nSPS) is 12.6. The van der Waals surface area contributed by atoms with Crippen LogP contribution in [0.1, 0.15) is 23.4 Å². The fraction of sp³-hybridized carbons (Fsp3) is 0.333. The quantitative estimate of drug-likeness (QED) is 0.740. The van der Waals surface area contributed by atoms with Crippen LogP contribution in [0.25, 0.3) is 0 Å². The lowest BCUT2D eigenvalue weighted by molar-refractivity contribution is 0.605. The van der Waals surface area contributed by atoms with E-state index >= 15 is 0 Å². The Hall–Kier alpha value is -0.480. The summed E-state index contributed by atoms with van der Waals surface area (Å²) in [7, 11) is 0. The van der Waals surface area contributed by atoms with Gasteiger partial charge < -0.3 is 5.32 Å². The van der Waals surface area contributed by atoms with Crippen LogP contribution < -0.4 is 5.32 Å². The van der Waals surface area contributed by atoms with Crippen molar-refractivity contribution in [1.82, 2.24) is 5.32 Å². The van der Waals surface area contributed by atoms with Gasteiger partial charge in [-0.15, -0.1) is 23.1 Å². The first kappa shape index (κ1) is 14.9. The highest BCUT2D eigenvalue weighted by molar-refractivity contribution is 7.99. The van der Waals surface area contributed by atoms with E-state index in [2.05, 4.69) is 36.7 Å². The maximum absolute atomic E-state index is 6.02. The van der Waals surface area contributed by atoms with Gasteiger partial charge in [0.05, 0.1) is 0 Å². The Morgan fingerprint density at radius 1 is 1.37 bits per heavy atom. The van der Waals surface area contributed by atoms with E-state index in [0.29, 0.717) is 6.04 Å². The molecule has 1 aromatic heterocycles. The van der Waals surface area contributed by atoms with Crippen LogP contribution in [0, 0.1) is 6.92 Å². The molecule has 1 aromatic carbocycles. The van der Waals surface area contributed by atoms with Crippen LogP contribution in [0.3, 0.4) is 0 Å². The minimum absolute atomic E-state index is 0.403. The predicted molar refractivity (Wildman–Crippen MR) is 87.6 cm³/mol. The molecule has 0 aliphatic rings. The van der Waals surface area contributed by atoms with Gasteiger partial charge in [-0.25, -0.2) is 0 Å². The van der Waals surface area contributed by atoms with Crippen molar-refractivity contribution >= 4 is 34.7 Å². The zero-order valence-electron chi connectivity index (χ0n) is 11.2. The largest absolute Gasteiger partial charge is 0.309 e. The van der Waals surface area contributed by atoms with E-state index in [1.54, 1.807) is 0 Å². The summed E-state index contributed by atoms with van der Waals surface area (Å²) in [4.78, 5) is 2.63. The Bertz CT molecular complexity index is 524. The molecule has 1 nitrogen and oxygen atoms in total. The molecule has 0 aliphatic carbocycles. The van der Waals surface area contributed by atoms with E-state index in [1.807, 2.05) is 41.3 Å². The molecule has 4 heteroatoms. The SMILES string of the molecule is CCNC(CSc1cccc(Cl)c1)c1ccsc1C. The van der Waals surface area contributed by atoms with Crippen LogP contribution in [0.15, 0.2) is 40.6 Å². The second-order valence-electron chi connectivity index (χ2n) is 4.31. The first-order valence-electron chi connectivity index (χ1n) is 6.36. The lowest BCUT2D eigenvalue weighted by atomic mass is 10.1. The van der Waals surface area contributed by atoms with Crippen LogP contribution in [0.4, 0.5) is 0 Å². The molecule has 2 rings (SSSR count). The maximum atomic E-state index is 6.02. The number of halogens is 1. The third-order valence-electron chi connectivity index (χ3n) is 2.94. The summed E-state index contributed by atoms with van der Waals surface area (Å²) in [5.41, 5.74) is 1.42. The zero-order valence-corrected chi connectivity index (χ0v) is 13.5. The van der Waals surface area contributed by atoms with Crippen LogP contribution in [-0.2, 0) is 0 Å². The fourth-order valence-corrected chi connectivity index (χ4v) is 4.06. The van der Waals surface area contributed by atoms with E-state index in [0.717, 1.165) is 17.3 Å². The first-order valence-corrected chi connectivity index (χ1v) is 8.60. The van der Waals surface area contributed by atoms with Gasteiger partial charge in [0.15, 0.2) is 0 Å². The fourth-order valence-electron chi connectivity index (χ4n) is 2.00. The molecule has 2 aromatic rings. The van der Waals surface area contributed by atoms with Crippen LogP contribution in [0.2, 0.25) is 5.02 Å². The standard InChI is InChI=1S/C15H18ClNS2/c1-3-17-15(14-7-8-18-11(14)2)10-19-13-6-4-5-12(16)9-13/h4-9,15,17H,3,10H2,1-2H3. The third kappa shape index (κ3) is 4.25. The van der Waals surface area contributed by atoms with Crippen molar-refractivity contribution in [3.8, 4) is 0 Å². The molecule has 1 unspecified atom stereocenters. The molecule has 19 heavy (non-hydrogen) atoms. The number of aryl methyl sites for hydroxylation is 1. The number of hydrogen-bond donors (Lipinski definition) is 1. The topological polar surface area (TPSA) is 12.0 Å². The lowest BCUT2D eigenvalue weighted by Gasteiger charge is -2.17. The van der Waals surface area contributed by atoms with Crippen molar-refractivity contribution < 1.29 is 0 Å². The molecule has 1 atom stereocenters. The average Bonchev–Trinajstić information content (AvgIpc) is 2.81. The molecular weight excluding hydrogens is 294 g/mol. The second kappa shape index (κ2) is 7.34. The molecule has 0 fully saturated rings. The summed E-state index contributed by atoms with van der Waals surface area (Å²) < 4.78 is 0. The van der Waals surface area contributed by atoms with Crippen LogP contribution >= 0.6 is 34.7 Å². The summed E-state index contributed by atoms with van der Waals surface area (Å²) in [6, 6.07) is 10.7. The molecule has 0 bridgehead atoms. The van der Waals surface area contributed by atoms with E-state index in [-0.39, 0.29) is 0 Å². The van der Waals surface area contributed by atoms with Gasteiger partial charge in [-0.1, -0.05) is 24.6 Å². The molecule has 0 amide bonds. The molecular formula is C15H18ClNS2. The van der Waals surface area contributed by atoms with Crippen LogP contribution in [0.5, 0.6) is 0 Å². The maximum Gasteiger partial charge on any atom is 0.0426 e. The van der Waals surface area contributed by atoms with Crippen molar-refractivity contribution in [1.29, 1.82) is 0 Å². The number of nitrogens with one attached hydrogen (secondary N) is 1. The second-order valence-corrected chi connectivity index (χ2v) is 6.96. The minimum Gasteiger partial charge on any atom is -0.309 e. The summed E-state index contributed by atoms with van der Waals surface area (Å²) >= 11 is 9.68. The Morgan fingerprint density at radius 3 is 2.84 bits per heavy atom. The average molecular weight is 312 g/mol. The molecule has 0 radical (unpaired) electrons. The number of thioether (sulfide) groups is 1. The van der Waals surface area contributed by atoms with Crippen molar-refractivity contribution in [3.63, 3.8) is 0 Å². The van der Waals surface area contributed by atoms with Gasteiger partial charge in [0.1, 0.15) is 0 Å². The van der Waals surface area contributed by atoms with Gasteiger partial charge in [0, 0.05) is 26.6 Å². The summed E-state index contributed by atoms with van der Waals surface area (Å²) in [5, 5.41) is 6.53. The third-order valence-corrected chi connectivity index (χ3v) is 5.12. The summed E-state index contributed by atoms with van der Waals surface area (Å²) in [6.45, 7) is 5.32. The van der Waals surface area contributed by atoms with Gasteiger partial charge in [-0.2, -0.15) is 0 Å². The molecule has 0 spiro atoms. The molecule has 0 saturated heterocycles. The highest BCUT2D eigenvalue weighted by Crippen LogP contribution is 2.29. The van der Waals surface area contributed by atoms with Crippen molar-refractivity contribution in [3.05, 3.63) is 51.2 Å². The number of hydrogen-bond acceptors (Lipinski definition) is 3. The van der Waals surface area contributed by atoms with E-state index in [1.165, 1.54) is 15.3 Å². The van der Waals surface area contributed by atoms with Gasteiger partial charge in [0.25, 0.3) is 0 Å². The zero-order chi connectivity index (χ0) is 13.7. The van der Waals surface area contributed by atoms with E-state index in [4.69, 9.17) is 11.6 Å². The van der Waals surface area contributed by atoms with Gasteiger partial charge in [0.2, 0.25) is 0 Å². The predicted octanol–water partition coefficient (Wildman–Crippen LogP) is 5.15. The highest BCUT2D eigenvalue weighted by Gasteiger charge is 2.14. The first-order chi connectivity index (χ1) is 9.20. The number of benzene rings is 1. The Kier molecular flexibility index (Phi) is 5.76. The summed E-state index contributed by atoms with van der Waals surface area (Å²) in [6.07, 6.45) is 0. The number of thiophene rings is 1. The Balaban J connectivity index is 2.04.